The minimum absolute atomic E-state index is 0.0224. The Morgan fingerprint density at radius 2 is 1.92 bits per heavy atom. The summed E-state index contributed by atoms with van der Waals surface area (Å²) in [6.07, 6.45) is -0.922. The van der Waals surface area contributed by atoms with E-state index >= 15 is 0 Å². The highest BCUT2D eigenvalue weighted by Gasteiger charge is 2.20. The van der Waals surface area contributed by atoms with Crippen LogP contribution in [0.25, 0.3) is 0 Å². The van der Waals surface area contributed by atoms with E-state index in [9.17, 15) is 9.59 Å². The molecule has 0 radical (unpaired) electrons. The van der Waals surface area contributed by atoms with Gasteiger partial charge in [0, 0.05) is 5.56 Å². The van der Waals surface area contributed by atoms with E-state index in [-0.39, 0.29) is 6.42 Å². The van der Waals surface area contributed by atoms with Crippen molar-refractivity contribution >= 4 is 29.2 Å². The molecule has 0 aliphatic heterocycles. The highest BCUT2D eigenvalue weighted by molar-refractivity contribution is 6.33. The molecule has 1 N–H and O–H groups in total. The monoisotopic (exact) mass is 361 g/mol. The van der Waals surface area contributed by atoms with Gasteiger partial charge in [0.05, 0.1) is 24.2 Å². The van der Waals surface area contributed by atoms with Gasteiger partial charge >= 0.3 is 5.97 Å². The van der Waals surface area contributed by atoms with Crippen molar-refractivity contribution in [3.63, 3.8) is 0 Å². The summed E-state index contributed by atoms with van der Waals surface area (Å²) < 4.78 is 10.5. The topological polar surface area (TPSA) is 64.6 Å². The van der Waals surface area contributed by atoms with Gasteiger partial charge in [-0.1, -0.05) is 41.4 Å². The number of anilines is 1. The van der Waals surface area contributed by atoms with Crippen molar-refractivity contribution in [2.45, 2.75) is 26.4 Å². The van der Waals surface area contributed by atoms with Gasteiger partial charge in [0.15, 0.2) is 6.10 Å². The number of carbonyl (C=O) groups is 2. The molecule has 2 aromatic rings. The Hall–Kier alpha value is -2.53. The number of amides is 1. The summed E-state index contributed by atoms with van der Waals surface area (Å²) in [6, 6.07) is 12.4. The van der Waals surface area contributed by atoms with Gasteiger partial charge in [0.25, 0.3) is 5.91 Å². The van der Waals surface area contributed by atoms with Crippen molar-refractivity contribution in [2.24, 2.45) is 0 Å². The Kier molecular flexibility index (Phi) is 6.42. The van der Waals surface area contributed by atoms with Crippen LogP contribution in [0.5, 0.6) is 5.75 Å². The zero-order valence-electron chi connectivity index (χ0n) is 14.3. The molecule has 2 aromatic carbocycles. The Labute approximate surface area is 151 Å². The molecular weight excluding hydrogens is 342 g/mol. The maximum absolute atomic E-state index is 12.2. The number of hydrogen-bond donors (Lipinski definition) is 1. The summed E-state index contributed by atoms with van der Waals surface area (Å²) in [5.74, 6) is -0.348. The summed E-state index contributed by atoms with van der Waals surface area (Å²) >= 11 is 6.00. The summed E-state index contributed by atoms with van der Waals surface area (Å²) in [5, 5.41) is 3.05. The molecule has 0 aliphatic carbocycles. The van der Waals surface area contributed by atoms with Gasteiger partial charge in [-0.15, -0.1) is 0 Å². The van der Waals surface area contributed by atoms with Crippen LogP contribution in [0.4, 0.5) is 5.69 Å². The Morgan fingerprint density at radius 3 is 2.60 bits per heavy atom. The Morgan fingerprint density at radius 1 is 1.20 bits per heavy atom. The number of para-hydroxylation sites is 1. The summed E-state index contributed by atoms with van der Waals surface area (Å²) in [5.41, 5.74) is 2.19. The second-order valence-corrected chi connectivity index (χ2v) is 6.00. The number of aryl methyl sites for hydroxylation is 1. The van der Waals surface area contributed by atoms with Gasteiger partial charge < -0.3 is 14.8 Å². The lowest BCUT2D eigenvalue weighted by molar-refractivity contribution is -0.152. The molecule has 132 valence electrons. The smallest absolute Gasteiger partial charge is 0.311 e. The van der Waals surface area contributed by atoms with Crippen molar-refractivity contribution in [2.75, 3.05) is 12.4 Å². The van der Waals surface area contributed by atoms with Gasteiger partial charge in [-0.05, 0) is 32.0 Å². The number of methoxy groups -OCH3 is 1. The van der Waals surface area contributed by atoms with E-state index in [1.165, 1.54) is 6.92 Å². The van der Waals surface area contributed by atoms with Gasteiger partial charge in [-0.3, -0.25) is 9.59 Å². The van der Waals surface area contributed by atoms with E-state index in [0.29, 0.717) is 22.0 Å². The van der Waals surface area contributed by atoms with E-state index in [0.717, 1.165) is 5.56 Å². The molecule has 0 aromatic heterocycles. The van der Waals surface area contributed by atoms with Crippen LogP contribution in [0, 0.1) is 6.92 Å². The second-order valence-electron chi connectivity index (χ2n) is 5.59. The van der Waals surface area contributed by atoms with Crippen molar-refractivity contribution < 1.29 is 19.1 Å². The SMILES string of the molecule is COc1ccc(C)cc1CC(=O)O[C@H](C)C(=O)Nc1ccccc1Cl. The van der Waals surface area contributed by atoms with Crippen LogP contribution in [-0.2, 0) is 20.7 Å². The third-order valence-electron chi connectivity index (χ3n) is 3.58. The van der Waals surface area contributed by atoms with E-state index in [2.05, 4.69) is 5.32 Å². The van der Waals surface area contributed by atoms with Crippen molar-refractivity contribution in [3.05, 3.63) is 58.6 Å². The van der Waals surface area contributed by atoms with Crippen molar-refractivity contribution in [1.82, 2.24) is 0 Å². The summed E-state index contributed by atoms with van der Waals surface area (Å²) in [4.78, 5) is 24.3. The standard InChI is InChI=1S/C19H20ClNO4/c1-12-8-9-17(24-3)14(10-12)11-18(22)25-13(2)19(23)21-16-7-5-4-6-15(16)20/h4-10,13H,11H2,1-3H3,(H,21,23)/t13-/m1/s1. The number of ether oxygens (including phenoxy) is 2. The molecule has 5 nitrogen and oxygen atoms in total. The average Bonchev–Trinajstić information content (AvgIpc) is 2.57. The van der Waals surface area contributed by atoms with Crippen molar-refractivity contribution in [1.29, 1.82) is 0 Å². The zero-order valence-corrected chi connectivity index (χ0v) is 15.1. The third-order valence-corrected chi connectivity index (χ3v) is 3.91. The first-order valence-electron chi connectivity index (χ1n) is 7.79. The minimum Gasteiger partial charge on any atom is -0.496 e. The number of nitrogens with one attached hydrogen (secondary N) is 1. The number of hydrogen-bond acceptors (Lipinski definition) is 4. The fraction of sp³-hybridized carbons (Fsp3) is 0.263. The molecule has 25 heavy (non-hydrogen) atoms. The first kappa shape index (κ1) is 18.8. The quantitative estimate of drug-likeness (QED) is 0.795. The molecule has 0 spiro atoms. The van der Waals surface area contributed by atoms with E-state index in [4.69, 9.17) is 21.1 Å². The lowest BCUT2D eigenvalue weighted by Crippen LogP contribution is -2.30. The van der Waals surface area contributed by atoms with Crippen LogP contribution in [0.1, 0.15) is 18.1 Å². The molecular formula is C19H20ClNO4. The average molecular weight is 362 g/mol. The number of carbonyl (C=O) groups excluding carboxylic acids is 2. The highest BCUT2D eigenvalue weighted by atomic mass is 35.5. The first-order chi connectivity index (χ1) is 11.9. The van der Waals surface area contributed by atoms with Crippen LogP contribution >= 0.6 is 11.6 Å². The molecule has 2 rings (SSSR count). The molecule has 0 saturated carbocycles. The molecule has 0 bridgehead atoms. The lowest BCUT2D eigenvalue weighted by atomic mass is 10.1. The van der Waals surface area contributed by atoms with Crippen LogP contribution in [0.2, 0.25) is 5.02 Å². The maximum Gasteiger partial charge on any atom is 0.311 e. The molecule has 6 heteroatoms. The number of rotatable bonds is 6. The van der Waals surface area contributed by atoms with Crippen molar-refractivity contribution in [3.8, 4) is 5.75 Å². The van der Waals surface area contributed by atoms with Crippen LogP contribution in [0.3, 0.4) is 0 Å². The molecule has 0 fully saturated rings. The third kappa shape index (κ3) is 5.22. The maximum atomic E-state index is 12.2. The fourth-order valence-corrected chi connectivity index (χ4v) is 2.47. The number of esters is 1. The predicted octanol–water partition coefficient (Wildman–Crippen LogP) is 3.77. The Balaban J connectivity index is 1.97. The molecule has 0 unspecified atom stereocenters. The molecule has 1 atom stereocenters. The van der Waals surface area contributed by atoms with E-state index in [1.807, 2.05) is 19.1 Å². The van der Waals surface area contributed by atoms with Crippen LogP contribution in [0.15, 0.2) is 42.5 Å². The highest BCUT2D eigenvalue weighted by Crippen LogP contribution is 2.22. The summed E-state index contributed by atoms with van der Waals surface area (Å²) in [7, 11) is 1.54. The van der Waals surface area contributed by atoms with Gasteiger partial charge in [0.1, 0.15) is 5.75 Å². The first-order valence-corrected chi connectivity index (χ1v) is 8.17. The molecule has 1 amide bonds. The molecule has 0 saturated heterocycles. The second kappa shape index (κ2) is 8.53. The van der Waals surface area contributed by atoms with Gasteiger partial charge in [0.2, 0.25) is 0 Å². The number of halogens is 1. The van der Waals surface area contributed by atoms with Gasteiger partial charge in [-0.2, -0.15) is 0 Å². The number of benzene rings is 2. The minimum atomic E-state index is -0.945. The lowest BCUT2D eigenvalue weighted by Gasteiger charge is -2.15. The van der Waals surface area contributed by atoms with Crippen LogP contribution in [-0.4, -0.2) is 25.1 Å². The predicted molar refractivity (Wildman–Crippen MR) is 97.1 cm³/mol. The molecule has 0 aliphatic rings. The largest absolute Gasteiger partial charge is 0.496 e. The Bertz CT molecular complexity index is 776. The summed E-state index contributed by atoms with van der Waals surface area (Å²) in [6.45, 7) is 3.44. The molecule has 0 heterocycles. The van der Waals surface area contributed by atoms with Gasteiger partial charge in [-0.25, -0.2) is 0 Å². The van der Waals surface area contributed by atoms with E-state index < -0.39 is 18.0 Å². The fourth-order valence-electron chi connectivity index (χ4n) is 2.29. The normalized spacial score (nSPS) is 11.5. The van der Waals surface area contributed by atoms with E-state index in [1.54, 1.807) is 37.4 Å². The van der Waals surface area contributed by atoms with Crippen LogP contribution < -0.4 is 10.1 Å². The zero-order chi connectivity index (χ0) is 18.4.